The number of alkyl halides is 3. The van der Waals surface area contributed by atoms with E-state index in [1.807, 2.05) is 0 Å². The van der Waals surface area contributed by atoms with Crippen LogP contribution in [0.15, 0.2) is 6.20 Å². The van der Waals surface area contributed by atoms with Crippen molar-refractivity contribution < 1.29 is 17.9 Å². The van der Waals surface area contributed by atoms with Crippen molar-refractivity contribution in [3.05, 3.63) is 9.90 Å². The van der Waals surface area contributed by atoms with Crippen LogP contribution in [-0.4, -0.2) is 11.3 Å². The van der Waals surface area contributed by atoms with Crippen LogP contribution < -0.4 is 16.2 Å². The van der Waals surface area contributed by atoms with Crippen molar-refractivity contribution in [2.45, 2.75) is 6.36 Å². The third kappa shape index (κ3) is 2.53. The van der Waals surface area contributed by atoms with Crippen LogP contribution in [0, 0.1) is 3.70 Å². The molecule has 0 aromatic carbocycles. The number of nitrogens with zero attached hydrogens (tertiary/aromatic N) is 1. The molecule has 0 atom stereocenters. The van der Waals surface area contributed by atoms with E-state index in [1.54, 1.807) is 22.6 Å². The predicted octanol–water partition coefficient (Wildman–Crippen LogP) is 1.75. The molecule has 0 aliphatic carbocycles. The van der Waals surface area contributed by atoms with Gasteiger partial charge in [-0.05, 0) is 22.6 Å². The summed E-state index contributed by atoms with van der Waals surface area (Å²) in [5, 5.41) is 0. The van der Waals surface area contributed by atoms with E-state index in [0.717, 1.165) is 6.20 Å². The number of halogens is 4. The molecule has 0 fully saturated rings. The molecule has 1 aromatic rings. The summed E-state index contributed by atoms with van der Waals surface area (Å²) in [5.41, 5.74) is 10.4. The fourth-order valence-electron chi connectivity index (χ4n) is 0.704. The monoisotopic (exact) mass is 319 g/mol. The minimum absolute atomic E-state index is 0.0210. The Hall–Kier alpha value is -0.930. The SMILES string of the molecule is Nc1c(OC(F)(F)F)cnc(I)c1N. The highest BCUT2D eigenvalue weighted by Gasteiger charge is 2.32. The Labute approximate surface area is 90.6 Å². The van der Waals surface area contributed by atoms with Crippen LogP contribution in [0.5, 0.6) is 5.75 Å². The maximum Gasteiger partial charge on any atom is 0.573 e. The lowest BCUT2D eigenvalue weighted by atomic mass is 10.3. The Morgan fingerprint density at radius 1 is 1.29 bits per heavy atom. The molecule has 0 spiro atoms. The van der Waals surface area contributed by atoms with Gasteiger partial charge in [-0.15, -0.1) is 13.2 Å². The van der Waals surface area contributed by atoms with Gasteiger partial charge >= 0.3 is 6.36 Å². The number of nitrogens with two attached hydrogens (primary N) is 2. The average molecular weight is 319 g/mol. The van der Waals surface area contributed by atoms with E-state index >= 15 is 0 Å². The molecule has 14 heavy (non-hydrogen) atoms. The van der Waals surface area contributed by atoms with Gasteiger partial charge in [0, 0.05) is 0 Å². The maximum atomic E-state index is 11.8. The summed E-state index contributed by atoms with van der Waals surface area (Å²) >= 11 is 1.75. The Kier molecular flexibility index (Phi) is 2.92. The number of aromatic nitrogens is 1. The first-order valence-corrected chi connectivity index (χ1v) is 4.34. The third-order valence-electron chi connectivity index (χ3n) is 1.30. The van der Waals surface area contributed by atoms with Crippen LogP contribution in [0.2, 0.25) is 0 Å². The molecule has 0 aliphatic heterocycles. The highest BCUT2D eigenvalue weighted by atomic mass is 127. The van der Waals surface area contributed by atoms with E-state index in [0.29, 0.717) is 3.70 Å². The van der Waals surface area contributed by atoms with Crippen LogP contribution >= 0.6 is 22.6 Å². The normalized spacial score (nSPS) is 11.4. The molecular weight excluding hydrogens is 314 g/mol. The van der Waals surface area contributed by atoms with Gasteiger partial charge in [0.1, 0.15) is 9.39 Å². The quantitative estimate of drug-likeness (QED) is 0.611. The van der Waals surface area contributed by atoms with Crippen LogP contribution in [0.3, 0.4) is 0 Å². The van der Waals surface area contributed by atoms with Crippen molar-refractivity contribution >= 4 is 34.0 Å². The molecular formula is C6H5F3IN3O. The summed E-state index contributed by atoms with van der Waals surface area (Å²) in [4.78, 5) is 3.58. The molecule has 1 rings (SSSR count). The molecule has 4 nitrogen and oxygen atoms in total. The molecule has 0 saturated heterocycles. The van der Waals surface area contributed by atoms with Crippen molar-refractivity contribution in [3.63, 3.8) is 0 Å². The van der Waals surface area contributed by atoms with Gasteiger partial charge in [-0.3, -0.25) is 0 Å². The van der Waals surface area contributed by atoms with Crippen molar-refractivity contribution in [1.82, 2.24) is 4.98 Å². The molecule has 0 aliphatic rings. The molecule has 8 heteroatoms. The summed E-state index contributed by atoms with van der Waals surface area (Å²) in [6, 6.07) is 0. The van der Waals surface area contributed by atoms with Gasteiger partial charge in [0.2, 0.25) is 0 Å². The zero-order valence-corrected chi connectivity index (χ0v) is 8.76. The minimum Gasteiger partial charge on any atom is -0.402 e. The first-order chi connectivity index (χ1) is 6.31. The maximum absolute atomic E-state index is 11.8. The number of pyridine rings is 1. The molecule has 0 amide bonds. The van der Waals surface area contributed by atoms with Gasteiger partial charge in [0.25, 0.3) is 0 Å². The second kappa shape index (κ2) is 3.67. The summed E-state index contributed by atoms with van der Waals surface area (Å²) < 4.78 is 39.3. The lowest BCUT2D eigenvalue weighted by Crippen LogP contribution is -2.18. The van der Waals surface area contributed by atoms with Gasteiger partial charge < -0.3 is 16.2 Å². The van der Waals surface area contributed by atoms with E-state index in [-0.39, 0.29) is 11.4 Å². The number of hydrogen-bond donors (Lipinski definition) is 2. The van der Waals surface area contributed by atoms with Crippen LogP contribution in [0.4, 0.5) is 24.5 Å². The zero-order valence-electron chi connectivity index (χ0n) is 6.60. The number of nitrogen functional groups attached to an aromatic ring is 2. The predicted molar refractivity (Wildman–Crippen MR) is 52.5 cm³/mol. The van der Waals surface area contributed by atoms with E-state index in [1.165, 1.54) is 0 Å². The van der Waals surface area contributed by atoms with Gasteiger partial charge in [-0.2, -0.15) is 0 Å². The second-order valence-electron chi connectivity index (χ2n) is 2.29. The second-order valence-corrected chi connectivity index (χ2v) is 3.31. The molecule has 78 valence electrons. The first kappa shape index (κ1) is 11.1. The topological polar surface area (TPSA) is 74.2 Å². The first-order valence-electron chi connectivity index (χ1n) is 3.26. The van der Waals surface area contributed by atoms with E-state index in [2.05, 4.69) is 9.72 Å². The summed E-state index contributed by atoms with van der Waals surface area (Å²) in [6.07, 6.45) is -3.92. The van der Waals surface area contributed by atoms with E-state index in [9.17, 15) is 13.2 Å². The number of rotatable bonds is 1. The average Bonchev–Trinajstić information content (AvgIpc) is 2.04. The largest absolute Gasteiger partial charge is 0.573 e. The number of anilines is 2. The Bertz CT molecular complexity index is 355. The Morgan fingerprint density at radius 3 is 2.36 bits per heavy atom. The molecule has 1 aromatic heterocycles. The van der Waals surface area contributed by atoms with Crippen molar-refractivity contribution in [2.75, 3.05) is 11.5 Å². The van der Waals surface area contributed by atoms with Crippen LogP contribution in [0.1, 0.15) is 0 Å². The van der Waals surface area contributed by atoms with Crippen molar-refractivity contribution in [3.8, 4) is 5.75 Å². The summed E-state index contributed by atoms with van der Waals surface area (Å²) in [5.74, 6) is -0.588. The van der Waals surface area contributed by atoms with Gasteiger partial charge in [-0.25, -0.2) is 4.98 Å². The smallest absolute Gasteiger partial charge is 0.402 e. The standard InChI is InChI=1S/C6H5F3IN3O/c7-6(8,9)14-2-1-13-5(10)4(12)3(2)11/h1H,12H2,(H2,11,13). The molecule has 0 saturated carbocycles. The molecule has 0 unspecified atom stereocenters. The van der Waals surface area contributed by atoms with E-state index in [4.69, 9.17) is 11.5 Å². The van der Waals surface area contributed by atoms with Gasteiger partial charge in [0.15, 0.2) is 5.75 Å². The Morgan fingerprint density at radius 2 is 1.86 bits per heavy atom. The molecule has 1 heterocycles. The zero-order chi connectivity index (χ0) is 10.9. The lowest BCUT2D eigenvalue weighted by Gasteiger charge is -2.12. The van der Waals surface area contributed by atoms with Gasteiger partial charge in [-0.1, -0.05) is 0 Å². The lowest BCUT2D eigenvalue weighted by molar-refractivity contribution is -0.274. The highest BCUT2D eigenvalue weighted by molar-refractivity contribution is 14.1. The fraction of sp³-hybridized carbons (Fsp3) is 0.167. The van der Waals surface area contributed by atoms with Gasteiger partial charge in [0.05, 0.1) is 11.9 Å². The van der Waals surface area contributed by atoms with Crippen molar-refractivity contribution in [2.24, 2.45) is 0 Å². The summed E-state index contributed by atoms with van der Waals surface area (Å²) in [7, 11) is 0. The fourth-order valence-corrected chi connectivity index (χ4v) is 1.13. The highest BCUT2D eigenvalue weighted by Crippen LogP contribution is 2.33. The summed E-state index contributed by atoms with van der Waals surface area (Å²) in [6.45, 7) is 0. The molecule has 4 N–H and O–H groups in total. The molecule has 0 radical (unpaired) electrons. The van der Waals surface area contributed by atoms with E-state index < -0.39 is 12.1 Å². The van der Waals surface area contributed by atoms with Crippen LogP contribution in [0.25, 0.3) is 0 Å². The third-order valence-corrected chi connectivity index (χ3v) is 2.16. The minimum atomic E-state index is -4.80. The molecule has 0 bridgehead atoms. The van der Waals surface area contributed by atoms with Crippen LogP contribution in [-0.2, 0) is 0 Å². The number of hydrogen-bond acceptors (Lipinski definition) is 4. The van der Waals surface area contributed by atoms with Crippen molar-refractivity contribution in [1.29, 1.82) is 0 Å². The Balaban J connectivity index is 3.06. The number of ether oxygens (including phenoxy) is 1.